The highest BCUT2D eigenvalue weighted by atomic mass is 16.1. The number of hydrogen-bond donors (Lipinski definition) is 2. The number of anilines is 1. The van der Waals surface area contributed by atoms with Crippen molar-refractivity contribution in [3.8, 4) is 0 Å². The Bertz CT molecular complexity index is 428. The molecule has 2 unspecified atom stereocenters. The zero-order valence-electron chi connectivity index (χ0n) is 10.5. The first kappa shape index (κ1) is 12.0. The van der Waals surface area contributed by atoms with Gasteiger partial charge in [-0.1, -0.05) is 6.92 Å². The minimum absolute atomic E-state index is 0.0206. The fourth-order valence-electron chi connectivity index (χ4n) is 2.42. The average Bonchev–Trinajstić information content (AvgIpc) is 2.68. The molecule has 3 heteroatoms. The van der Waals surface area contributed by atoms with Gasteiger partial charge >= 0.3 is 0 Å². The van der Waals surface area contributed by atoms with Gasteiger partial charge in [0.1, 0.15) is 0 Å². The van der Waals surface area contributed by atoms with Crippen molar-refractivity contribution in [2.75, 3.05) is 5.73 Å². The molecular weight excluding hydrogens is 212 g/mol. The molecule has 1 amide bonds. The molecule has 1 fully saturated rings. The standard InChI is InChI=1S/C14H20N2O/c1-9-3-5-12(7-9)16-14(17)11-4-6-13(15)10(2)8-11/h4,6,8-9,12H,3,5,7,15H2,1-2H3,(H,16,17). The third-order valence-corrected chi connectivity index (χ3v) is 3.56. The lowest BCUT2D eigenvalue weighted by atomic mass is 10.1. The van der Waals surface area contributed by atoms with Crippen molar-refractivity contribution in [1.29, 1.82) is 0 Å². The van der Waals surface area contributed by atoms with Crippen molar-refractivity contribution < 1.29 is 4.79 Å². The number of nitrogen functional groups attached to an aromatic ring is 1. The van der Waals surface area contributed by atoms with E-state index in [4.69, 9.17) is 5.73 Å². The first-order valence-electron chi connectivity index (χ1n) is 6.23. The van der Waals surface area contributed by atoms with Crippen molar-refractivity contribution in [3.05, 3.63) is 29.3 Å². The monoisotopic (exact) mass is 232 g/mol. The minimum atomic E-state index is 0.0206. The molecule has 0 aliphatic heterocycles. The summed E-state index contributed by atoms with van der Waals surface area (Å²) < 4.78 is 0. The van der Waals surface area contributed by atoms with E-state index in [0.717, 1.165) is 30.0 Å². The summed E-state index contributed by atoms with van der Waals surface area (Å²) in [6.45, 7) is 4.16. The number of hydrogen-bond acceptors (Lipinski definition) is 2. The Morgan fingerprint density at radius 2 is 2.18 bits per heavy atom. The molecule has 1 aliphatic rings. The van der Waals surface area contributed by atoms with E-state index in [2.05, 4.69) is 12.2 Å². The summed E-state index contributed by atoms with van der Waals surface area (Å²) in [7, 11) is 0. The Labute approximate surface area is 102 Å². The van der Waals surface area contributed by atoms with Crippen molar-refractivity contribution in [2.24, 2.45) is 5.92 Å². The maximum Gasteiger partial charge on any atom is 0.251 e. The molecule has 0 bridgehead atoms. The van der Waals surface area contributed by atoms with Gasteiger partial charge < -0.3 is 11.1 Å². The number of benzene rings is 1. The van der Waals surface area contributed by atoms with Gasteiger partial charge in [-0.15, -0.1) is 0 Å². The normalized spacial score (nSPS) is 23.6. The fourth-order valence-corrected chi connectivity index (χ4v) is 2.42. The average molecular weight is 232 g/mol. The van der Waals surface area contributed by atoms with Crippen LogP contribution in [-0.2, 0) is 0 Å². The van der Waals surface area contributed by atoms with Crippen LogP contribution in [0.2, 0.25) is 0 Å². The molecule has 17 heavy (non-hydrogen) atoms. The smallest absolute Gasteiger partial charge is 0.251 e. The fraction of sp³-hybridized carbons (Fsp3) is 0.500. The van der Waals surface area contributed by atoms with E-state index in [9.17, 15) is 4.79 Å². The number of aryl methyl sites for hydroxylation is 1. The Hall–Kier alpha value is -1.51. The van der Waals surface area contributed by atoms with Gasteiger partial charge in [0.2, 0.25) is 0 Å². The Kier molecular flexibility index (Phi) is 3.36. The maximum atomic E-state index is 12.0. The lowest BCUT2D eigenvalue weighted by Gasteiger charge is -2.13. The van der Waals surface area contributed by atoms with Gasteiger partial charge in [0, 0.05) is 17.3 Å². The van der Waals surface area contributed by atoms with E-state index in [1.165, 1.54) is 6.42 Å². The molecule has 1 aliphatic carbocycles. The van der Waals surface area contributed by atoms with Crippen molar-refractivity contribution in [2.45, 2.75) is 39.2 Å². The summed E-state index contributed by atoms with van der Waals surface area (Å²) in [4.78, 5) is 12.0. The molecule has 92 valence electrons. The molecule has 0 heterocycles. The predicted molar refractivity (Wildman–Crippen MR) is 69.9 cm³/mol. The summed E-state index contributed by atoms with van der Waals surface area (Å²) in [5, 5.41) is 3.09. The number of amides is 1. The number of carbonyl (C=O) groups excluding carboxylic acids is 1. The largest absolute Gasteiger partial charge is 0.399 e. The molecule has 0 radical (unpaired) electrons. The molecule has 2 rings (SSSR count). The molecule has 1 saturated carbocycles. The minimum Gasteiger partial charge on any atom is -0.399 e. The third-order valence-electron chi connectivity index (χ3n) is 3.56. The van der Waals surface area contributed by atoms with E-state index < -0.39 is 0 Å². The molecule has 1 aromatic rings. The van der Waals surface area contributed by atoms with E-state index in [-0.39, 0.29) is 5.91 Å². The molecule has 0 spiro atoms. The molecule has 3 N–H and O–H groups in total. The van der Waals surface area contributed by atoms with Crippen molar-refractivity contribution in [3.63, 3.8) is 0 Å². The Morgan fingerprint density at radius 1 is 1.41 bits per heavy atom. The maximum absolute atomic E-state index is 12.0. The van der Waals surface area contributed by atoms with Crippen LogP contribution in [0.1, 0.15) is 42.1 Å². The zero-order valence-corrected chi connectivity index (χ0v) is 10.5. The first-order valence-corrected chi connectivity index (χ1v) is 6.23. The molecule has 0 saturated heterocycles. The highest BCUT2D eigenvalue weighted by molar-refractivity contribution is 5.95. The van der Waals surface area contributed by atoms with Crippen LogP contribution in [0.15, 0.2) is 18.2 Å². The van der Waals surface area contributed by atoms with E-state index >= 15 is 0 Å². The predicted octanol–water partition coefficient (Wildman–Crippen LogP) is 2.50. The van der Waals surface area contributed by atoms with E-state index in [0.29, 0.717) is 11.6 Å². The van der Waals surface area contributed by atoms with Crippen LogP contribution in [0.5, 0.6) is 0 Å². The van der Waals surface area contributed by atoms with Gasteiger partial charge in [-0.25, -0.2) is 0 Å². The summed E-state index contributed by atoms with van der Waals surface area (Å²) in [6.07, 6.45) is 3.41. The number of rotatable bonds is 2. The van der Waals surface area contributed by atoms with Crippen LogP contribution in [-0.4, -0.2) is 11.9 Å². The summed E-state index contributed by atoms with van der Waals surface area (Å²) >= 11 is 0. The SMILES string of the molecule is Cc1cc(C(=O)NC2CCC(C)C2)ccc1N. The van der Waals surface area contributed by atoms with E-state index in [1.807, 2.05) is 13.0 Å². The van der Waals surface area contributed by atoms with Gasteiger partial charge in [0.05, 0.1) is 0 Å². The number of nitrogens with one attached hydrogen (secondary N) is 1. The topological polar surface area (TPSA) is 55.1 Å². The molecule has 0 aromatic heterocycles. The molecule has 1 aromatic carbocycles. The Balaban J connectivity index is 2.02. The molecular formula is C14H20N2O. The van der Waals surface area contributed by atoms with Gasteiger partial charge in [0.25, 0.3) is 5.91 Å². The first-order chi connectivity index (χ1) is 8.06. The lowest BCUT2D eigenvalue weighted by molar-refractivity contribution is 0.0937. The number of nitrogens with two attached hydrogens (primary N) is 1. The highest BCUT2D eigenvalue weighted by Crippen LogP contribution is 2.25. The van der Waals surface area contributed by atoms with Crippen LogP contribution in [0.25, 0.3) is 0 Å². The van der Waals surface area contributed by atoms with E-state index in [1.54, 1.807) is 12.1 Å². The van der Waals surface area contributed by atoms with Crippen LogP contribution in [0, 0.1) is 12.8 Å². The third kappa shape index (κ3) is 2.78. The summed E-state index contributed by atoms with van der Waals surface area (Å²) in [6, 6.07) is 5.77. The van der Waals surface area contributed by atoms with Crippen LogP contribution < -0.4 is 11.1 Å². The van der Waals surface area contributed by atoms with Crippen LogP contribution in [0.3, 0.4) is 0 Å². The summed E-state index contributed by atoms with van der Waals surface area (Å²) in [5.74, 6) is 0.751. The number of carbonyl (C=O) groups is 1. The highest BCUT2D eigenvalue weighted by Gasteiger charge is 2.23. The van der Waals surface area contributed by atoms with Crippen molar-refractivity contribution >= 4 is 11.6 Å². The second-order valence-electron chi connectivity index (χ2n) is 5.16. The quantitative estimate of drug-likeness (QED) is 0.770. The van der Waals surface area contributed by atoms with Crippen molar-refractivity contribution in [1.82, 2.24) is 5.32 Å². The van der Waals surface area contributed by atoms with Gasteiger partial charge in [-0.3, -0.25) is 4.79 Å². The van der Waals surface area contributed by atoms with Gasteiger partial charge in [-0.05, 0) is 55.9 Å². The zero-order chi connectivity index (χ0) is 12.4. The second-order valence-corrected chi connectivity index (χ2v) is 5.16. The van der Waals surface area contributed by atoms with Gasteiger partial charge in [-0.2, -0.15) is 0 Å². The summed E-state index contributed by atoms with van der Waals surface area (Å²) in [5.41, 5.74) is 8.13. The van der Waals surface area contributed by atoms with Crippen LogP contribution >= 0.6 is 0 Å². The second kappa shape index (κ2) is 4.78. The van der Waals surface area contributed by atoms with Crippen LogP contribution in [0.4, 0.5) is 5.69 Å². The van der Waals surface area contributed by atoms with Gasteiger partial charge in [0.15, 0.2) is 0 Å². The lowest BCUT2D eigenvalue weighted by Crippen LogP contribution is -2.32. The molecule has 2 atom stereocenters. The Morgan fingerprint density at radius 3 is 2.76 bits per heavy atom. The molecule has 3 nitrogen and oxygen atoms in total.